The molecule has 0 saturated heterocycles. The SMILES string of the molecule is CCCNCCC=C(C)Cc1cnn(C)c1. The molecule has 1 aromatic rings. The zero-order chi connectivity index (χ0) is 11.8. The molecule has 0 spiro atoms. The van der Waals surface area contributed by atoms with Crippen molar-refractivity contribution in [3.8, 4) is 0 Å². The van der Waals surface area contributed by atoms with E-state index in [0.29, 0.717) is 0 Å². The molecule has 0 aliphatic rings. The summed E-state index contributed by atoms with van der Waals surface area (Å²) in [7, 11) is 1.96. The summed E-state index contributed by atoms with van der Waals surface area (Å²) in [5.41, 5.74) is 2.71. The molecule has 0 unspecified atom stereocenters. The van der Waals surface area contributed by atoms with Crippen LogP contribution >= 0.6 is 0 Å². The number of hydrogen-bond acceptors (Lipinski definition) is 2. The van der Waals surface area contributed by atoms with Crippen LogP contribution in [0.4, 0.5) is 0 Å². The molecule has 0 fully saturated rings. The van der Waals surface area contributed by atoms with Gasteiger partial charge in [-0.2, -0.15) is 5.10 Å². The Bertz CT molecular complexity index is 326. The first-order valence-electron chi connectivity index (χ1n) is 6.06. The van der Waals surface area contributed by atoms with Gasteiger partial charge in [0.1, 0.15) is 0 Å². The predicted molar refractivity (Wildman–Crippen MR) is 68.4 cm³/mol. The summed E-state index contributed by atoms with van der Waals surface area (Å²) < 4.78 is 1.85. The average molecular weight is 221 g/mol. The van der Waals surface area contributed by atoms with Gasteiger partial charge in [-0.1, -0.05) is 18.6 Å². The van der Waals surface area contributed by atoms with Crippen LogP contribution in [0.15, 0.2) is 24.0 Å². The van der Waals surface area contributed by atoms with Crippen molar-refractivity contribution in [3.63, 3.8) is 0 Å². The van der Waals surface area contributed by atoms with Crippen molar-refractivity contribution in [3.05, 3.63) is 29.6 Å². The van der Waals surface area contributed by atoms with Crippen LogP contribution in [0.2, 0.25) is 0 Å². The Balaban J connectivity index is 2.23. The van der Waals surface area contributed by atoms with E-state index in [9.17, 15) is 0 Å². The van der Waals surface area contributed by atoms with Crippen LogP contribution in [-0.4, -0.2) is 22.9 Å². The molecule has 1 N–H and O–H groups in total. The number of nitrogens with one attached hydrogen (secondary N) is 1. The predicted octanol–water partition coefficient (Wildman–Crippen LogP) is 2.30. The molecule has 0 saturated carbocycles. The van der Waals surface area contributed by atoms with E-state index in [4.69, 9.17) is 0 Å². The van der Waals surface area contributed by atoms with Crippen molar-refractivity contribution in [2.45, 2.75) is 33.1 Å². The molecule has 3 heteroatoms. The van der Waals surface area contributed by atoms with Crippen molar-refractivity contribution in [2.75, 3.05) is 13.1 Å². The second-order valence-electron chi connectivity index (χ2n) is 4.29. The Morgan fingerprint density at radius 1 is 1.50 bits per heavy atom. The van der Waals surface area contributed by atoms with Crippen LogP contribution in [0.5, 0.6) is 0 Å². The topological polar surface area (TPSA) is 29.9 Å². The van der Waals surface area contributed by atoms with Crippen LogP contribution < -0.4 is 5.32 Å². The molecule has 1 rings (SSSR count). The van der Waals surface area contributed by atoms with Crippen molar-refractivity contribution >= 4 is 0 Å². The smallest absolute Gasteiger partial charge is 0.0524 e. The lowest BCUT2D eigenvalue weighted by molar-refractivity contribution is 0.677. The number of allylic oxidation sites excluding steroid dienone is 1. The van der Waals surface area contributed by atoms with E-state index in [2.05, 4.69) is 36.5 Å². The van der Waals surface area contributed by atoms with E-state index in [0.717, 1.165) is 25.9 Å². The van der Waals surface area contributed by atoms with Crippen molar-refractivity contribution in [1.82, 2.24) is 15.1 Å². The van der Waals surface area contributed by atoms with Gasteiger partial charge in [-0.05, 0) is 44.8 Å². The highest BCUT2D eigenvalue weighted by molar-refractivity contribution is 5.14. The maximum Gasteiger partial charge on any atom is 0.0524 e. The van der Waals surface area contributed by atoms with E-state index >= 15 is 0 Å². The van der Waals surface area contributed by atoms with Crippen molar-refractivity contribution in [1.29, 1.82) is 0 Å². The van der Waals surface area contributed by atoms with Crippen LogP contribution in [0.1, 0.15) is 32.3 Å². The Morgan fingerprint density at radius 2 is 2.31 bits per heavy atom. The Kier molecular flexibility index (Phi) is 5.86. The molecule has 0 atom stereocenters. The summed E-state index contributed by atoms with van der Waals surface area (Å²) in [5, 5.41) is 7.56. The molecule has 90 valence electrons. The molecule has 3 nitrogen and oxygen atoms in total. The van der Waals surface area contributed by atoms with Crippen LogP contribution in [0, 0.1) is 0 Å². The molecule has 16 heavy (non-hydrogen) atoms. The van der Waals surface area contributed by atoms with Crippen LogP contribution in [0.3, 0.4) is 0 Å². The quantitative estimate of drug-likeness (QED) is 0.565. The largest absolute Gasteiger partial charge is 0.316 e. The number of aromatic nitrogens is 2. The summed E-state index contributed by atoms with van der Waals surface area (Å²) >= 11 is 0. The third kappa shape index (κ3) is 5.12. The third-order valence-corrected chi connectivity index (χ3v) is 2.48. The molecule has 0 radical (unpaired) electrons. The molecule has 1 aromatic heterocycles. The zero-order valence-corrected chi connectivity index (χ0v) is 10.7. The van der Waals surface area contributed by atoms with Gasteiger partial charge >= 0.3 is 0 Å². The second-order valence-corrected chi connectivity index (χ2v) is 4.29. The first-order chi connectivity index (χ1) is 7.72. The highest BCUT2D eigenvalue weighted by Crippen LogP contribution is 2.06. The monoisotopic (exact) mass is 221 g/mol. The van der Waals surface area contributed by atoms with Crippen LogP contribution in [-0.2, 0) is 13.5 Å². The minimum Gasteiger partial charge on any atom is -0.316 e. The lowest BCUT2D eigenvalue weighted by Gasteiger charge is -2.01. The summed E-state index contributed by atoms with van der Waals surface area (Å²) in [5.74, 6) is 0. The summed E-state index contributed by atoms with van der Waals surface area (Å²) in [6, 6.07) is 0. The number of nitrogens with zero attached hydrogens (tertiary/aromatic N) is 2. The summed E-state index contributed by atoms with van der Waals surface area (Å²) in [4.78, 5) is 0. The highest BCUT2D eigenvalue weighted by atomic mass is 15.2. The first-order valence-corrected chi connectivity index (χ1v) is 6.06. The Morgan fingerprint density at radius 3 is 2.94 bits per heavy atom. The van der Waals surface area contributed by atoms with Gasteiger partial charge in [-0.3, -0.25) is 4.68 Å². The maximum atomic E-state index is 4.17. The molecule has 0 aliphatic carbocycles. The number of hydrogen-bond donors (Lipinski definition) is 1. The lowest BCUT2D eigenvalue weighted by Crippen LogP contribution is -2.15. The fraction of sp³-hybridized carbons (Fsp3) is 0.615. The highest BCUT2D eigenvalue weighted by Gasteiger charge is 1.96. The molecule has 0 bridgehead atoms. The molecule has 0 amide bonds. The molecule has 0 aliphatic heterocycles. The Labute approximate surface area is 98.5 Å². The van der Waals surface area contributed by atoms with E-state index in [-0.39, 0.29) is 0 Å². The van der Waals surface area contributed by atoms with Crippen LogP contribution in [0.25, 0.3) is 0 Å². The molecule has 1 heterocycles. The van der Waals surface area contributed by atoms with Gasteiger partial charge in [0, 0.05) is 13.2 Å². The normalized spacial score (nSPS) is 12.1. The number of aryl methyl sites for hydroxylation is 1. The van der Waals surface area contributed by atoms with Gasteiger partial charge in [-0.25, -0.2) is 0 Å². The standard InChI is InChI=1S/C13H23N3/c1-4-7-14-8-5-6-12(2)9-13-10-15-16(3)11-13/h6,10-11,14H,4-5,7-9H2,1-3H3. The van der Waals surface area contributed by atoms with Gasteiger partial charge in [0.05, 0.1) is 6.20 Å². The van der Waals surface area contributed by atoms with Gasteiger partial charge < -0.3 is 5.32 Å². The summed E-state index contributed by atoms with van der Waals surface area (Å²) in [6.45, 7) is 6.58. The van der Waals surface area contributed by atoms with E-state index in [1.165, 1.54) is 17.6 Å². The van der Waals surface area contributed by atoms with E-state index in [1.807, 2.05) is 17.9 Å². The van der Waals surface area contributed by atoms with Crippen molar-refractivity contribution in [2.24, 2.45) is 7.05 Å². The first kappa shape index (κ1) is 13.0. The van der Waals surface area contributed by atoms with E-state index in [1.54, 1.807) is 0 Å². The summed E-state index contributed by atoms with van der Waals surface area (Å²) in [6.07, 6.45) is 9.67. The number of rotatable bonds is 7. The average Bonchev–Trinajstić information content (AvgIpc) is 2.63. The maximum absolute atomic E-state index is 4.17. The fourth-order valence-corrected chi connectivity index (χ4v) is 1.68. The van der Waals surface area contributed by atoms with Gasteiger partial charge in [0.2, 0.25) is 0 Å². The minimum absolute atomic E-state index is 1.02. The lowest BCUT2D eigenvalue weighted by atomic mass is 10.1. The molecular weight excluding hydrogens is 198 g/mol. The van der Waals surface area contributed by atoms with E-state index < -0.39 is 0 Å². The third-order valence-electron chi connectivity index (χ3n) is 2.48. The zero-order valence-electron chi connectivity index (χ0n) is 10.7. The molecular formula is C13H23N3. The second kappa shape index (κ2) is 7.23. The van der Waals surface area contributed by atoms with Gasteiger partial charge in [0.25, 0.3) is 0 Å². The molecule has 0 aromatic carbocycles. The van der Waals surface area contributed by atoms with Crippen molar-refractivity contribution < 1.29 is 0 Å². The van der Waals surface area contributed by atoms with Gasteiger partial charge in [-0.15, -0.1) is 0 Å². The minimum atomic E-state index is 1.02. The Hall–Kier alpha value is -1.09. The fourth-order valence-electron chi connectivity index (χ4n) is 1.68. The van der Waals surface area contributed by atoms with Gasteiger partial charge in [0.15, 0.2) is 0 Å².